The maximum absolute atomic E-state index is 11.7. The molecular weight excluding hydrogens is 228 g/mol. The van der Waals surface area contributed by atoms with Gasteiger partial charge in [0, 0.05) is 17.4 Å². The zero-order valence-corrected chi connectivity index (χ0v) is 10.4. The molecule has 1 saturated carbocycles. The molecule has 96 valence electrons. The summed E-state index contributed by atoms with van der Waals surface area (Å²) in [5.74, 6) is 0.261. The number of ether oxygens (including phenoxy) is 1. The Bertz CT molecular complexity index is 460. The third-order valence-electron chi connectivity index (χ3n) is 4.68. The second-order valence-corrected chi connectivity index (χ2v) is 5.50. The molecule has 0 aromatic heterocycles. The summed E-state index contributed by atoms with van der Waals surface area (Å²) in [4.78, 5) is 11.7. The highest BCUT2D eigenvalue weighted by atomic mass is 16.6. The Hall–Kier alpha value is -1.35. The fourth-order valence-electron chi connectivity index (χ4n) is 3.67. The number of aliphatic hydroxyl groups is 1. The Morgan fingerprint density at radius 2 is 2.17 bits per heavy atom. The van der Waals surface area contributed by atoms with Gasteiger partial charge in [0.2, 0.25) is 0 Å². The molecule has 0 aromatic rings. The molecule has 0 spiro atoms. The zero-order chi connectivity index (χ0) is 12.9. The fraction of sp³-hybridized carbons (Fsp3) is 0.533. The van der Waals surface area contributed by atoms with Crippen molar-refractivity contribution in [3.63, 3.8) is 0 Å². The van der Waals surface area contributed by atoms with Gasteiger partial charge in [-0.25, -0.2) is 4.79 Å². The summed E-state index contributed by atoms with van der Waals surface area (Å²) in [5, 5.41) is 9.47. The van der Waals surface area contributed by atoms with Crippen molar-refractivity contribution in [1.29, 1.82) is 0 Å². The molecule has 1 saturated heterocycles. The van der Waals surface area contributed by atoms with Gasteiger partial charge < -0.3 is 9.84 Å². The van der Waals surface area contributed by atoms with Crippen molar-refractivity contribution < 1.29 is 14.6 Å². The normalized spacial score (nSPS) is 38.9. The van der Waals surface area contributed by atoms with E-state index < -0.39 is 0 Å². The lowest BCUT2D eigenvalue weighted by Gasteiger charge is -2.27. The van der Waals surface area contributed by atoms with E-state index in [9.17, 15) is 9.90 Å². The predicted octanol–water partition coefficient (Wildman–Crippen LogP) is 1.99. The molecule has 4 atom stereocenters. The van der Waals surface area contributed by atoms with Crippen LogP contribution < -0.4 is 0 Å². The van der Waals surface area contributed by atoms with E-state index in [4.69, 9.17) is 4.74 Å². The van der Waals surface area contributed by atoms with Crippen LogP contribution >= 0.6 is 0 Å². The smallest absolute Gasteiger partial charge is 0.334 e. The van der Waals surface area contributed by atoms with E-state index in [0.29, 0.717) is 11.5 Å². The minimum absolute atomic E-state index is 0.0433. The van der Waals surface area contributed by atoms with Crippen LogP contribution in [0.4, 0.5) is 0 Å². The first-order chi connectivity index (χ1) is 8.63. The van der Waals surface area contributed by atoms with Crippen molar-refractivity contribution in [2.45, 2.75) is 25.4 Å². The average Bonchev–Trinajstić information content (AvgIpc) is 2.86. The van der Waals surface area contributed by atoms with Crippen molar-refractivity contribution >= 4 is 5.97 Å². The summed E-state index contributed by atoms with van der Waals surface area (Å²) in [6.07, 6.45) is 4.66. The maximum atomic E-state index is 11.7. The Balaban J connectivity index is 1.99. The van der Waals surface area contributed by atoms with Crippen molar-refractivity contribution in [2.75, 3.05) is 6.61 Å². The van der Waals surface area contributed by atoms with Crippen LogP contribution in [0.2, 0.25) is 0 Å². The van der Waals surface area contributed by atoms with Crippen molar-refractivity contribution in [1.82, 2.24) is 0 Å². The van der Waals surface area contributed by atoms with Crippen LogP contribution in [0.25, 0.3) is 0 Å². The molecule has 3 heteroatoms. The van der Waals surface area contributed by atoms with Crippen LogP contribution in [0, 0.1) is 17.8 Å². The number of rotatable bonds is 1. The largest absolute Gasteiger partial charge is 0.458 e. The molecule has 18 heavy (non-hydrogen) atoms. The van der Waals surface area contributed by atoms with Crippen molar-refractivity contribution in [3.8, 4) is 0 Å². The standard InChI is InChI=1S/C15H18O3/c1-8-3-5-12-9(2)15(17)18-14(12)13-10(7-16)4-6-11(8)13/h4,11-14,16H,1-3,5-7H2. The maximum Gasteiger partial charge on any atom is 0.334 e. The molecule has 2 fully saturated rings. The summed E-state index contributed by atoms with van der Waals surface area (Å²) >= 11 is 0. The van der Waals surface area contributed by atoms with Gasteiger partial charge >= 0.3 is 5.97 Å². The zero-order valence-electron chi connectivity index (χ0n) is 10.4. The Kier molecular flexibility index (Phi) is 2.67. The van der Waals surface area contributed by atoms with Gasteiger partial charge in [-0.3, -0.25) is 0 Å². The molecule has 3 rings (SSSR count). The number of allylic oxidation sites excluding steroid dienone is 2. The molecule has 0 amide bonds. The Labute approximate surface area is 107 Å². The van der Waals surface area contributed by atoms with E-state index in [-0.39, 0.29) is 30.5 Å². The Morgan fingerprint density at radius 1 is 1.39 bits per heavy atom. The molecular formula is C15H18O3. The summed E-state index contributed by atoms with van der Waals surface area (Å²) in [6.45, 7) is 8.08. The topological polar surface area (TPSA) is 46.5 Å². The SMILES string of the molecule is C=C1C(=O)OC2C1CCC(=C)C1CC=C(CO)C12. The van der Waals surface area contributed by atoms with Gasteiger partial charge in [0.05, 0.1) is 6.61 Å². The number of aliphatic hydroxyl groups excluding tert-OH is 1. The van der Waals surface area contributed by atoms with Crippen LogP contribution in [-0.2, 0) is 9.53 Å². The van der Waals surface area contributed by atoms with E-state index in [1.165, 1.54) is 5.57 Å². The molecule has 3 nitrogen and oxygen atoms in total. The predicted molar refractivity (Wildman–Crippen MR) is 67.6 cm³/mol. The van der Waals surface area contributed by atoms with E-state index in [1.54, 1.807) is 0 Å². The highest BCUT2D eigenvalue weighted by Crippen LogP contribution is 2.50. The van der Waals surface area contributed by atoms with Gasteiger partial charge in [0.15, 0.2) is 0 Å². The van der Waals surface area contributed by atoms with Gasteiger partial charge in [-0.05, 0) is 30.8 Å². The van der Waals surface area contributed by atoms with Gasteiger partial charge in [0.25, 0.3) is 0 Å². The van der Waals surface area contributed by atoms with Crippen LogP contribution in [-0.4, -0.2) is 23.8 Å². The minimum Gasteiger partial charge on any atom is -0.458 e. The van der Waals surface area contributed by atoms with Crippen LogP contribution in [0.15, 0.2) is 36.0 Å². The molecule has 1 aliphatic heterocycles. The molecule has 3 aliphatic rings. The lowest BCUT2D eigenvalue weighted by atomic mass is 9.80. The first-order valence-corrected chi connectivity index (χ1v) is 6.50. The van der Waals surface area contributed by atoms with E-state index in [2.05, 4.69) is 19.2 Å². The first kappa shape index (κ1) is 11.7. The summed E-state index contributed by atoms with van der Waals surface area (Å²) in [6, 6.07) is 0. The van der Waals surface area contributed by atoms with Gasteiger partial charge in [-0.15, -0.1) is 0 Å². The minimum atomic E-state index is -0.263. The van der Waals surface area contributed by atoms with E-state index in [1.807, 2.05) is 0 Å². The number of esters is 1. The Morgan fingerprint density at radius 3 is 2.89 bits per heavy atom. The fourth-order valence-corrected chi connectivity index (χ4v) is 3.67. The third kappa shape index (κ3) is 1.50. The lowest BCUT2D eigenvalue weighted by Crippen LogP contribution is -2.30. The second-order valence-electron chi connectivity index (χ2n) is 5.50. The highest BCUT2D eigenvalue weighted by molar-refractivity contribution is 5.91. The van der Waals surface area contributed by atoms with Gasteiger partial charge in [-0.1, -0.05) is 24.8 Å². The van der Waals surface area contributed by atoms with Crippen LogP contribution in [0.5, 0.6) is 0 Å². The third-order valence-corrected chi connectivity index (χ3v) is 4.68. The molecule has 0 radical (unpaired) electrons. The summed E-state index contributed by atoms with van der Waals surface area (Å²) in [7, 11) is 0. The van der Waals surface area contributed by atoms with Crippen molar-refractivity contribution in [3.05, 3.63) is 36.0 Å². The summed E-state index contributed by atoms with van der Waals surface area (Å²) < 4.78 is 5.52. The first-order valence-electron chi connectivity index (χ1n) is 6.50. The number of hydrogen-bond acceptors (Lipinski definition) is 3. The molecule has 0 aromatic carbocycles. The summed E-state index contributed by atoms with van der Waals surface area (Å²) in [5.41, 5.74) is 2.82. The van der Waals surface area contributed by atoms with E-state index >= 15 is 0 Å². The van der Waals surface area contributed by atoms with Crippen LogP contribution in [0.3, 0.4) is 0 Å². The van der Waals surface area contributed by atoms with Gasteiger partial charge in [0.1, 0.15) is 6.10 Å². The van der Waals surface area contributed by atoms with Crippen LogP contribution in [0.1, 0.15) is 19.3 Å². The molecule has 0 bridgehead atoms. The highest BCUT2D eigenvalue weighted by Gasteiger charge is 2.50. The van der Waals surface area contributed by atoms with Gasteiger partial charge in [-0.2, -0.15) is 0 Å². The average molecular weight is 246 g/mol. The quantitative estimate of drug-likeness (QED) is 0.437. The molecule has 2 aliphatic carbocycles. The molecule has 1 heterocycles. The van der Waals surface area contributed by atoms with E-state index in [0.717, 1.165) is 24.8 Å². The number of fused-ring (bicyclic) bond motifs is 3. The number of carbonyl (C=O) groups excluding carboxylic acids is 1. The molecule has 1 N–H and O–H groups in total. The molecule has 4 unspecified atom stereocenters. The van der Waals surface area contributed by atoms with Crippen molar-refractivity contribution in [2.24, 2.45) is 17.8 Å². The number of hydrogen-bond donors (Lipinski definition) is 1. The number of carbonyl (C=O) groups is 1. The second kappa shape index (κ2) is 4.09. The monoisotopic (exact) mass is 246 g/mol. The lowest BCUT2D eigenvalue weighted by molar-refractivity contribution is -0.141.